The summed E-state index contributed by atoms with van der Waals surface area (Å²) in [5.41, 5.74) is 0.461. The van der Waals surface area contributed by atoms with Crippen LogP contribution >= 0.6 is 0 Å². The standard InChI is InChI=1S/C14H15F3N2O/c1-4-10-13(20-8(2)3)19-11-6-5-9(14(15,16)17)7-12(11)18-10/h5-8H,4H2,1-3H3. The molecule has 1 heterocycles. The van der Waals surface area contributed by atoms with Gasteiger partial charge >= 0.3 is 6.18 Å². The first-order chi connectivity index (χ1) is 9.31. The number of nitrogens with zero attached hydrogens (tertiary/aromatic N) is 2. The molecule has 0 aliphatic heterocycles. The molecule has 0 aliphatic rings. The molecule has 0 fully saturated rings. The van der Waals surface area contributed by atoms with Crippen molar-refractivity contribution < 1.29 is 17.9 Å². The molecule has 0 N–H and O–H groups in total. The van der Waals surface area contributed by atoms with E-state index >= 15 is 0 Å². The molecule has 0 saturated heterocycles. The number of ether oxygens (including phenoxy) is 1. The summed E-state index contributed by atoms with van der Waals surface area (Å²) in [5, 5.41) is 0. The Balaban J connectivity index is 2.56. The third kappa shape index (κ3) is 3.00. The molecule has 0 bridgehead atoms. The van der Waals surface area contributed by atoms with Crippen LogP contribution in [0.15, 0.2) is 18.2 Å². The van der Waals surface area contributed by atoms with E-state index in [0.717, 1.165) is 12.1 Å². The molecule has 0 radical (unpaired) electrons. The van der Waals surface area contributed by atoms with Crippen molar-refractivity contribution in [2.45, 2.75) is 39.5 Å². The number of aryl methyl sites for hydroxylation is 1. The smallest absolute Gasteiger partial charge is 0.416 e. The van der Waals surface area contributed by atoms with Crippen LogP contribution in [0, 0.1) is 0 Å². The lowest BCUT2D eigenvalue weighted by Gasteiger charge is -2.13. The quantitative estimate of drug-likeness (QED) is 0.854. The Labute approximate surface area is 114 Å². The van der Waals surface area contributed by atoms with Crippen LogP contribution in [0.3, 0.4) is 0 Å². The molecular weight excluding hydrogens is 269 g/mol. The highest BCUT2D eigenvalue weighted by Gasteiger charge is 2.30. The summed E-state index contributed by atoms with van der Waals surface area (Å²) < 4.78 is 43.6. The molecule has 1 aromatic carbocycles. The van der Waals surface area contributed by atoms with Gasteiger partial charge in [-0.15, -0.1) is 0 Å². The fraction of sp³-hybridized carbons (Fsp3) is 0.429. The van der Waals surface area contributed by atoms with E-state index in [9.17, 15) is 13.2 Å². The van der Waals surface area contributed by atoms with Crippen molar-refractivity contribution >= 4 is 11.0 Å². The Morgan fingerprint density at radius 1 is 1.15 bits per heavy atom. The van der Waals surface area contributed by atoms with E-state index in [1.807, 2.05) is 20.8 Å². The number of hydrogen-bond donors (Lipinski definition) is 0. The van der Waals surface area contributed by atoms with E-state index in [-0.39, 0.29) is 11.6 Å². The Bertz CT molecular complexity index is 624. The summed E-state index contributed by atoms with van der Waals surface area (Å²) >= 11 is 0. The highest BCUT2D eigenvalue weighted by molar-refractivity contribution is 5.76. The van der Waals surface area contributed by atoms with E-state index in [2.05, 4.69) is 9.97 Å². The minimum Gasteiger partial charge on any atom is -0.474 e. The van der Waals surface area contributed by atoms with Crippen LogP contribution in [-0.4, -0.2) is 16.1 Å². The lowest BCUT2D eigenvalue weighted by Crippen LogP contribution is -2.10. The van der Waals surface area contributed by atoms with E-state index in [0.29, 0.717) is 23.5 Å². The summed E-state index contributed by atoms with van der Waals surface area (Å²) in [6.45, 7) is 5.58. The molecule has 1 aromatic heterocycles. The van der Waals surface area contributed by atoms with Crippen molar-refractivity contribution in [3.63, 3.8) is 0 Å². The molecule has 20 heavy (non-hydrogen) atoms. The van der Waals surface area contributed by atoms with Crippen LogP contribution in [-0.2, 0) is 12.6 Å². The molecule has 0 saturated carbocycles. The maximum Gasteiger partial charge on any atom is 0.416 e. The first-order valence-electron chi connectivity index (χ1n) is 6.35. The van der Waals surface area contributed by atoms with E-state index in [1.165, 1.54) is 6.07 Å². The van der Waals surface area contributed by atoms with Crippen molar-refractivity contribution in [2.24, 2.45) is 0 Å². The summed E-state index contributed by atoms with van der Waals surface area (Å²) in [5.74, 6) is 0.384. The Morgan fingerprint density at radius 2 is 1.85 bits per heavy atom. The molecule has 2 aromatic rings. The van der Waals surface area contributed by atoms with Gasteiger partial charge in [-0.1, -0.05) is 6.92 Å². The highest BCUT2D eigenvalue weighted by Crippen LogP contribution is 2.31. The Morgan fingerprint density at radius 3 is 2.40 bits per heavy atom. The van der Waals surface area contributed by atoms with Crippen molar-refractivity contribution in [1.82, 2.24) is 9.97 Å². The van der Waals surface area contributed by atoms with E-state index < -0.39 is 11.7 Å². The summed E-state index contributed by atoms with van der Waals surface area (Å²) in [4.78, 5) is 8.49. The first-order valence-corrected chi connectivity index (χ1v) is 6.35. The van der Waals surface area contributed by atoms with Gasteiger partial charge in [0.1, 0.15) is 5.69 Å². The molecule has 0 atom stereocenters. The van der Waals surface area contributed by atoms with Crippen LogP contribution < -0.4 is 4.74 Å². The van der Waals surface area contributed by atoms with Crippen LogP contribution in [0.1, 0.15) is 32.0 Å². The van der Waals surface area contributed by atoms with Gasteiger partial charge in [0.25, 0.3) is 0 Å². The number of benzene rings is 1. The van der Waals surface area contributed by atoms with E-state index in [4.69, 9.17) is 4.74 Å². The van der Waals surface area contributed by atoms with Gasteiger partial charge in [-0.3, -0.25) is 0 Å². The number of alkyl halides is 3. The zero-order valence-corrected chi connectivity index (χ0v) is 11.5. The molecule has 0 amide bonds. The van der Waals surface area contributed by atoms with Gasteiger partial charge < -0.3 is 4.74 Å². The van der Waals surface area contributed by atoms with Crippen molar-refractivity contribution in [3.05, 3.63) is 29.5 Å². The van der Waals surface area contributed by atoms with Gasteiger partial charge in [-0.05, 0) is 38.5 Å². The lowest BCUT2D eigenvalue weighted by atomic mass is 10.2. The fourth-order valence-corrected chi connectivity index (χ4v) is 1.80. The van der Waals surface area contributed by atoms with Crippen LogP contribution in [0.25, 0.3) is 11.0 Å². The second-order valence-corrected chi connectivity index (χ2v) is 4.70. The number of halogens is 3. The minimum atomic E-state index is -4.38. The number of rotatable bonds is 3. The normalized spacial score (nSPS) is 12.2. The second kappa shape index (κ2) is 5.26. The van der Waals surface area contributed by atoms with Gasteiger partial charge in [-0.25, -0.2) is 9.97 Å². The predicted molar refractivity (Wildman–Crippen MR) is 69.7 cm³/mol. The zero-order chi connectivity index (χ0) is 14.9. The molecule has 0 spiro atoms. The fourth-order valence-electron chi connectivity index (χ4n) is 1.80. The van der Waals surface area contributed by atoms with E-state index in [1.54, 1.807) is 0 Å². The Kier molecular flexibility index (Phi) is 3.83. The largest absolute Gasteiger partial charge is 0.474 e. The van der Waals surface area contributed by atoms with Gasteiger partial charge in [0.05, 0.1) is 22.7 Å². The maximum atomic E-state index is 12.7. The third-order valence-corrected chi connectivity index (χ3v) is 2.71. The monoisotopic (exact) mass is 284 g/mol. The first kappa shape index (κ1) is 14.6. The second-order valence-electron chi connectivity index (χ2n) is 4.70. The topological polar surface area (TPSA) is 35.0 Å². The SMILES string of the molecule is CCc1nc2cc(C(F)(F)F)ccc2nc1OC(C)C. The molecule has 3 nitrogen and oxygen atoms in total. The summed E-state index contributed by atoms with van der Waals surface area (Å²) in [6.07, 6.45) is -3.90. The Hall–Kier alpha value is -1.85. The van der Waals surface area contributed by atoms with Crippen LogP contribution in [0.4, 0.5) is 13.2 Å². The number of hydrogen-bond acceptors (Lipinski definition) is 3. The summed E-state index contributed by atoms with van der Waals surface area (Å²) in [6, 6.07) is 3.33. The average Bonchev–Trinajstić information content (AvgIpc) is 2.35. The van der Waals surface area contributed by atoms with Crippen molar-refractivity contribution in [3.8, 4) is 5.88 Å². The lowest BCUT2D eigenvalue weighted by molar-refractivity contribution is -0.137. The van der Waals surface area contributed by atoms with Crippen LogP contribution in [0.2, 0.25) is 0 Å². The van der Waals surface area contributed by atoms with Gasteiger partial charge in [0.2, 0.25) is 5.88 Å². The maximum absolute atomic E-state index is 12.7. The molecule has 6 heteroatoms. The molecule has 108 valence electrons. The third-order valence-electron chi connectivity index (χ3n) is 2.71. The van der Waals surface area contributed by atoms with Crippen molar-refractivity contribution in [1.29, 1.82) is 0 Å². The minimum absolute atomic E-state index is 0.0681. The van der Waals surface area contributed by atoms with Gasteiger partial charge in [0.15, 0.2) is 0 Å². The zero-order valence-electron chi connectivity index (χ0n) is 11.5. The van der Waals surface area contributed by atoms with Crippen LogP contribution in [0.5, 0.6) is 5.88 Å². The number of aromatic nitrogens is 2. The molecular formula is C14H15F3N2O. The van der Waals surface area contributed by atoms with Gasteiger partial charge in [-0.2, -0.15) is 13.2 Å². The van der Waals surface area contributed by atoms with Crippen molar-refractivity contribution in [2.75, 3.05) is 0 Å². The number of fused-ring (bicyclic) bond motifs is 1. The van der Waals surface area contributed by atoms with Gasteiger partial charge in [0, 0.05) is 0 Å². The summed E-state index contributed by atoms with van der Waals surface area (Å²) in [7, 11) is 0. The highest BCUT2D eigenvalue weighted by atomic mass is 19.4. The molecule has 2 rings (SSSR count). The molecule has 0 unspecified atom stereocenters. The average molecular weight is 284 g/mol. The molecule has 0 aliphatic carbocycles. The predicted octanol–water partition coefficient (Wildman–Crippen LogP) is 4.00.